The second-order valence-electron chi connectivity index (χ2n) is 3.26. The van der Waals surface area contributed by atoms with Crippen LogP contribution in [0.3, 0.4) is 0 Å². The molecule has 5 nitrogen and oxygen atoms in total. The minimum absolute atomic E-state index is 0.0211. The Labute approximate surface area is 92.8 Å². The molecule has 1 rings (SSSR count). The van der Waals surface area contributed by atoms with E-state index in [2.05, 4.69) is 0 Å². The zero-order valence-corrected chi connectivity index (χ0v) is 9.11. The second kappa shape index (κ2) is 4.65. The number of ether oxygens (including phenoxy) is 1. The van der Waals surface area contributed by atoms with Gasteiger partial charge in [0, 0.05) is 12.5 Å². The van der Waals surface area contributed by atoms with Gasteiger partial charge in [0.15, 0.2) is 0 Å². The minimum atomic E-state index is -1.10. The Morgan fingerprint density at radius 3 is 2.50 bits per heavy atom. The Morgan fingerprint density at radius 1 is 1.44 bits per heavy atom. The number of hydrogen-bond donors (Lipinski definition) is 2. The molecule has 0 heterocycles. The Kier molecular flexibility index (Phi) is 3.50. The fourth-order valence-electron chi connectivity index (χ4n) is 1.45. The van der Waals surface area contributed by atoms with Crippen LogP contribution < -0.4 is 10.5 Å². The van der Waals surface area contributed by atoms with Gasteiger partial charge in [0.25, 0.3) is 0 Å². The van der Waals surface area contributed by atoms with Gasteiger partial charge < -0.3 is 15.6 Å². The van der Waals surface area contributed by atoms with Crippen molar-refractivity contribution in [1.29, 1.82) is 0 Å². The molecule has 0 saturated heterocycles. The molecule has 5 heteroatoms. The summed E-state index contributed by atoms with van der Waals surface area (Å²) in [5, 5.41) is 8.87. The Morgan fingerprint density at radius 2 is 2.06 bits per heavy atom. The molecule has 3 N–H and O–H groups in total. The van der Waals surface area contributed by atoms with Crippen molar-refractivity contribution < 1.29 is 19.4 Å². The van der Waals surface area contributed by atoms with Crippen LogP contribution in [0, 0.1) is 0 Å². The van der Waals surface area contributed by atoms with E-state index < -0.39 is 11.9 Å². The van der Waals surface area contributed by atoms with Crippen molar-refractivity contribution in [2.75, 3.05) is 5.73 Å². The van der Waals surface area contributed by atoms with Crippen LogP contribution in [0.2, 0.25) is 0 Å². The quantitative estimate of drug-likeness (QED) is 0.460. The van der Waals surface area contributed by atoms with Crippen LogP contribution in [0.5, 0.6) is 5.75 Å². The van der Waals surface area contributed by atoms with E-state index in [-0.39, 0.29) is 11.3 Å². The third-order valence-electron chi connectivity index (χ3n) is 2.15. The van der Waals surface area contributed by atoms with Crippen LogP contribution in [-0.4, -0.2) is 17.0 Å². The number of carbonyl (C=O) groups is 2. The topological polar surface area (TPSA) is 89.6 Å². The standard InChI is InChI=1S/C11H13NO4/c1-3-7-9(16-6(2)13)5-4-8(10(7)12)11(14)15/h4-5H,3,12H2,1-2H3,(H,14,15). The molecule has 0 amide bonds. The zero-order valence-electron chi connectivity index (χ0n) is 9.11. The van der Waals surface area contributed by atoms with Crippen molar-refractivity contribution in [3.63, 3.8) is 0 Å². The third kappa shape index (κ3) is 2.31. The first kappa shape index (κ1) is 12.0. The predicted octanol–water partition coefficient (Wildman–Crippen LogP) is 1.45. The number of benzene rings is 1. The number of esters is 1. The summed E-state index contributed by atoms with van der Waals surface area (Å²) in [7, 11) is 0. The Hall–Kier alpha value is -2.04. The molecule has 0 bridgehead atoms. The number of nitrogens with two attached hydrogens (primary N) is 1. The lowest BCUT2D eigenvalue weighted by atomic mass is 10.0. The fourth-order valence-corrected chi connectivity index (χ4v) is 1.45. The van der Waals surface area contributed by atoms with Crippen molar-refractivity contribution in [2.45, 2.75) is 20.3 Å². The van der Waals surface area contributed by atoms with Crippen LogP contribution >= 0.6 is 0 Å². The molecule has 0 aliphatic rings. The third-order valence-corrected chi connectivity index (χ3v) is 2.15. The molecule has 0 atom stereocenters. The monoisotopic (exact) mass is 223 g/mol. The molecule has 0 fully saturated rings. The molecular formula is C11H13NO4. The van der Waals surface area contributed by atoms with Crippen molar-refractivity contribution in [3.8, 4) is 5.75 Å². The summed E-state index contributed by atoms with van der Waals surface area (Å²) < 4.78 is 4.94. The molecule has 0 radical (unpaired) electrons. The van der Waals surface area contributed by atoms with Crippen LogP contribution in [0.1, 0.15) is 29.8 Å². The van der Waals surface area contributed by atoms with Gasteiger partial charge in [-0.2, -0.15) is 0 Å². The number of rotatable bonds is 3. The number of aromatic carboxylic acids is 1. The van der Waals surface area contributed by atoms with Gasteiger partial charge in [-0.1, -0.05) is 6.92 Å². The second-order valence-corrected chi connectivity index (χ2v) is 3.26. The van der Waals surface area contributed by atoms with Crippen molar-refractivity contribution >= 4 is 17.6 Å². The first-order valence-electron chi connectivity index (χ1n) is 4.80. The van der Waals surface area contributed by atoms with Crippen LogP contribution in [0.4, 0.5) is 5.69 Å². The molecule has 0 saturated carbocycles. The van der Waals surface area contributed by atoms with Crippen molar-refractivity contribution in [1.82, 2.24) is 0 Å². The maximum atomic E-state index is 10.8. The fraction of sp³-hybridized carbons (Fsp3) is 0.273. The molecule has 0 aromatic heterocycles. The largest absolute Gasteiger partial charge is 0.478 e. The van der Waals surface area contributed by atoms with E-state index >= 15 is 0 Å². The van der Waals surface area contributed by atoms with E-state index in [1.54, 1.807) is 0 Å². The van der Waals surface area contributed by atoms with Gasteiger partial charge in [-0.25, -0.2) is 4.79 Å². The highest BCUT2D eigenvalue weighted by Gasteiger charge is 2.15. The summed E-state index contributed by atoms with van der Waals surface area (Å²) in [5.41, 5.74) is 6.40. The summed E-state index contributed by atoms with van der Waals surface area (Å²) >= 11 is 0. The lowest BCUT2D eigenvalue weighted by molar-refractivity contribution is -0.131. The van der Waals surface area contributed by atoms with Crippen LogP contribution in [0.25, 0.3) is 0 Å². The summed E-state index contributed by atoms with van der Waals surface area (Å²) in [4.78, 5) is 21.7. The maximum absolute atomic E-state index is 10.8. The zero-order chi connectivity index (χ0) is 12.3. The van der Waals surface area contributed by atoms with Gasteiger partial charge in [0.2, 0.25) is 0 Å². The van der Waals surface area contributed by atoms with Gasteiger partial charge in [0.1, 0.15) is 5.75 Å². The summed E-state index contributed by atoms with van der Waals surface area (Å²) in [5.74, 6) is -1.24. The van der Waals surface area contributed by atoms with Gasteiger partial charge >= 0.3 is 11.9 Å². The predicted molar refractivity (Wildman–Crippen MR) is 58.5 cm³/mol. The van der Waals surface area contributed by atoms with Crippen molar-refractivity contribution in [3.05, 3.63) is 23.3 Å². The molecule has 0 aliphatic heterocycles. The summed E-state index contributed by atoms with van der Waals surface area (Å²) in [6.45, 7) is 3.09. The molecule has 16 heavy (non-hydrogen) atoms. The first-order valence-corrected chi connectivity index (χ1v) is 4.80. The molecule has 1 aromatic rings. The number of hydrogen-bond acceptors (Lipinski definition) is 4. The molecule has 0 aliphatic carbocycles. The highest BCUT2D eigenvalue weighted by molar-refractivity contribution is 5.95. The van der Waals surface area contributed by atoms with E-state index in [0.29, 0.717) is 17.7 Å². The van der Waals surface area contributed by atoms with Crippen LogP contribution in [-0.2, 0) is 11.2 Å². The number of carbonyl (C=O) groups excluding carboxylic acids is 1. The van der Waals surface area contributed by atoms with E-state index in [9.17, 15) is 9.59 Å². The van der Waals surface area contributed by atoms with Gasteiger partial charge in [-0.05, 0) is 18.6 Å². The Balaban J connectivity index is 3.29. The molecular weight excluding hydrogens is 210 g/mol. The SMILES string of the molecule is CCc1c(OC(C)=O)ccc(C(=O)O)c1N. The van der Waals surface area contributed by atoms with Gasteiger partial charge in [-0.3, -0.25) is 4.79 Å². The molecule has 0 spiro atoms. The highest BCUT2D eigenvalue weighted by Crippen LogP contribution is 2.28. The molecule has 0 unspecified atom stereocenters. The van der Waals surface area contributed by atoms with E-state index in [0.717, 1.165) is 0 Å². The van der Waals surface area contributed by atoms with Gasteiger partial charge in [-0.15, -0.1) is 0 Å². The van der Waals surface area contributed by atoms with E-state index in [1.165, 1.54) is 19.1 Å². The number of anilines is 1. The number of nitrogen functional groups attached to an aromatic ring is 1. The average Bonchev–Trinajstić information content (AvgIpc) is 2.16. The average molecular weight is 223 g/mol. The minimum Gasteiger partial charge on any atom is -0.478 e. The Bertz CT molecular complexity index is 440. The lowest BCUT2D eigenvalue weighted by Gasteiger charge is -2.11. The lowest BCUT2D eigenvalue weighted by Crippen LogP contribution is -2.09. The van der Waals surface area contributed by atoms with Gasteiger partial charge in [0.05, 0.1) is 11.3 Å². The molecule has 1 aromatic carbocycles. The smallest absolute Gasteiger partial charge is 0.337 e. The normalized spacial score (nSPS) is 9.88. The molecule has 86 valence electrons. The number of carboxylic acid groups (broad SMARTS) is 1. The maximum Gasteiger partial charge on any atom is 0.337 e. The summed E-state index contributed by atoms with van der Waals surface area (Å²) in [6.07, 6.45) is 0.496. The van der Waals surface area contributed by atoms with E-state index in [4.69, 9.17) is 15.6 Å². The first-order chi connectivity index (χ1) is 7.47. The van der Waals surface area contributed by atoms with E-state index in [1.807, 2.05) is 6.92 Å². The van der Waals surface area contributed by atoms with Crippen molar-refractivity contribution in [2.24, 2.45) is 0 Å². The number of carboxylic acids is 1. The summed E-state index contributed by atoms with van der Waals surface area (Å²) in [6, 6.07) is 2.77. The highest BCUT2D eigenvalue weighted by atomic mass is 16.5. The van der Waals surface area contributed by atoms with Crippen LogP contribution in [0.15, 0.2) is 12.1 Å².